The highest BCUT2D eigenvalue weighted by molar-refractivity contribution is 6.13. The van der Waals surface area contributed by atoms with Crippen LogP contribution in [0.1, 0.15) is 52.7 Å². The number of rotatable bonds is 5. The molecule has 10 aromatic rings. The molecule has 2 heterocycles. The minimum absolute atomic E-state index is 0.0602. The maximum Gasteiger partial charge on any atom is 0.143 e. The summed E-state index contributed by atoms with van der Waals surface area (Å²) in [5, 5.41) is 4.71. The van der Waals surface area contributed by atoms with Crippen molar-refractivity contribution in [2.45, 2.75) is 52.4 Å². The molecule has 58 heavy (non-hydrogen) atoms. The van der Waals surface area contributed by atoms with Crippen molar-refractivity contribution in [2.75, 3.05) is 0 Å². The van der Waals surface area contributed by atoms with Crippen LogP contribution in [0.3, 0.4) is 0 Å². The molecule has 0 bridgehead atoms. The van der Waals surface area contributed by atoms with Gasteiger partial charge < -0.3 is 8.98 Å². The van der Waals surface area contributed by atoms with Gasteiger partial charge in [0.05, 0.1) is 11.0 Å². The van der Waals surface area contributed by atoms with E-state index < -0.39 is 0 Å². The Morgan fingerprint density at radius 3 is 1.57 bits per heavy atom. The Morgan fingerprint density at radius 2 is 0.897 bits per heavy atom. The molecule has 0 aliphatic rings. The summed E-state index contributed by atoms with van der Waals surface area (Å²) in [6.45, 7) is 13.8. The summed E-state index contributed by atoms with van der Waals surface area (Å²) in [5.41, 5.74) is 17.7. The van der Waals surface area contributed by atoms with Crippen molar-refractivity contribution in [1.82, 2.24) is 4.57 Å². The van der Waals surface area contributed by atoms with Gasteiger partial charge in [-0.05, 0) is 115 Å². The van der Waals surface area contributed by atoms with E-state index in [-0.39, 0.29) is 10.8 Å². The van der Waals surface area contributed by atoms with E-state index in [1.54, 1.807) is 0 Å². The Kier molecular flexibility index (Phi) is 8.32. The number of benzene rings is 8. The molecular weight excluding hydrogens is 703 g/mol. The van der Waals surface area contributed by atoms with Crippen molar-refractivity contribution in [3.05, 3.63) is 187 Å². The fourth-order valence-electron chi connectivity index (χ4n) is 8.62. The second-order valence-electron chi connectivity index (χ2n) is 17.9. The van der Waals surface area contributed by atoms with Gasteiger partial charge in [-0.25, -0.2) is 0 Å². The third kappa shape index (κ3) is 6.21. The standard InChI is InChI=1S/C56H47NO/c1-55(2,3)43-31-42(32-44(35-43)56(4,5)6)39-18-13-16-37(30-39)36-15-12-17-38(29-36)40-26-28-53-50(33-40)48-23-14-22-46(54(48)58-53)41-25-27-52-49(34-41)47-21-10-11-24-51(47)57(52)45-19-8-7-9-20-45/h7-35H,1-6H3. The van der Waals surface area contributed by atoms with Gasteiger partial charge in [0, 0.05) is 32.8 Å². The van der Waals surface area contributed by atoms with Crippen LogP contribution in [-0.4, -0.2) is 4.57 Å². The van der Waals surface area contributed by atoms with Crippen LogP contribution in [0.25, 0.3) is 93.9 Å². The number of aromatic nitrogens is 1. The first-order valence-corrected chi connectivity index (χ1v) is 20.4. The minimum atomic E-state index is 0.0602. The average Bonchev–Trinajstić information content (AvgIpc) is 3.78. The van der Waals surface area contributed by atoms with Crippen molar-refractivity contribution in [2.24, 2.45) is 0 Å². The largest absolute Gasteiger partial charge is 0.455 e. The molecule has 0 aliphatic heterocycles. The Bertz CT molecular complexity index is 3150. The lowest BCUT2D eigenvalue weighted by Gasteiger charge is -2.26. The zero-order chi connectivity index (χ0) is 39.8. The first-order chi connectivity index (χ1) is 28.0. The third-order valence-electron chi connectivity index (χ3n) is 11.9. The fraction of sp³-hybridized carbons (Fsp3) is 0.143. The molecule has 0 saturated carbocycles. The van der Waals surface area contributed by atoms with Crippen LogP contribution < -0.4 is 0 Å². The van der Waals surface area contributed by atoms with Crippen LogP contribution in [0.5, 0.6) is 0 Å². The summed E-state index contributed by atoms with van der Waals surface area (Å²) in [4.78, 5) is 0. The van der Waals surface area contributed by atoms with E-state index in [0.29, 0.717) is 0 Å². The molecule has 0 radical (unpaired) electrons. The first kappa shape index (κ1) is 35.8. The van der Waals surface area contributed by atoms with Crippen LogP contribution >= 0.6 is 0 Å². The molecule has 282 valence electrons. The molecule has 8 aromatic carbocycles. The molecule has 0 spiro atoms. The van der Waals surface area contributed by atoms with Gasteiger partial charge >= 0.3 is 0 Å². The molecule has 0 fully saturated rings. The quantitative estimate of drug-likeness (QED) is 0.171. The van der Waals surface area contributed by atoms with E-state index in [9.17, 15) is 0 Å². The molecule has 10 rings (SSSR count). The molecule has 0 saturated heterocycles. The molecule has 2 aromatic heterocycles. The Balaban J connectivity index is 1.02. The van der Waals surface area contributed by atoms with Gasteiger partial charge in [-0.1, -0.05) is 163 Å². The van der Waals surface area contributed by atoms with Crippen LogP contribution in [-0.2, 0) is 10.8 Å². The Hall–Kier alpha value is -6.64. The summed E-state index contributed by atoms with van der Waals surface area (Å²) in [6.07, 6.45) is 0. The first-order valence-electron chi connectivity index (χ1n) is 20.4. The highest BCUT2D eigenvalue weighted by Gasteiger charge is 2.22. The molecule has 0 amide bonds. The van der Waals surface area contributed by atoms with Crippen LogP contribution in [0.15, 0.2) is 180 Å². The average molecular weight is 750 g/mol. The van der Waals surface area contributed by atoms with Gasteiger partial charge in [-0.15, -0.1) is 0 Å². The smallest absolute Gasteiger partial charge is 0.143 e. The van der Waals surface area contributed by atoms with E-state index in [0.717, 1.165) is 38.8 Å². The molecule has 0 unspecified atom stereocenters. The molecule has 0 aliphatic carbocycles. The van der Waals surface area contributed by atoms with Crippen LogP contribution in [0.4, 0.5) is 0 Å². The summed E-state index contributed by atoms with van der Waals surface area (Å²) in [7, 11) is 0. The van der Waals surface area contributed by atoms with E-state index in [2.05, 4.69) is 222 Å². The monoisotopic (exact) mass is 749 g/mol. The predicted octanol–water partition coefficient (Wildman–Crippen LogP) is 15.9. The van der Waals surface area contributed by atoms with Gasteiger partial charge in [0.15, 0.2) is 0 Å². The number of hydrogen-bond donors (Lipinski definition) is 0. The summed E-state index contributed by atoms with van der Waals surface area (Å²) < 4.78 is 9.06. The number of nitrogens with zero attached hydrogens (tertiary/aromatic N) is 1. The topological polar surface area (TPSA) is 18.1 Å². The third-order valence-corrected chi connectivity index (χ3v) is 11.9. The van der Waals surface area contributed by atoms with Gasteiger partial charge in [0.1, 0.15) is 11.2 Å². The number of hydrogen-bond acceptors (Lipinski definition) is 1. The number of fused-ring (bicyclic) bond motifs is 6. The Morgan fingerprint density at radius 1 is 0.362 bits per heavy atom. The van der Waals surface area contributed by atoms with Gasteiger partial charge in [0.25, 0.3) is 0 Å². The van der Waals surface area contributed by atoms with Gasteiger partial charge in [0.2, 0.25) is 0 Å². The molecule has 0 atom stereocenters. The van der Waals surface area contributed by atoms with Gasteiger partial charge in [-0.3, -0.25) is 0 Å². The maximum absolute atomic E-state index is 6.70. The van der Waals surface area contributed by atoms with E-state index in [1.807, 2.05) is 0 Å². The lowest BCUT2D eigenvalue weighted by atomic mass is 9.79. The zero-order valence-corrected chi connectivity index (χ0v) is 34.1. The van der Waals surface area contributed by atoms with Crippen molar-refractivity contribution in [1.29, 1.82) is 0 Å². The summed E-state index contributed by atoms with van der Waals surface area (Å²) in [6, 6.07) is 64.4. The maximum atomic E-state index is 6.70. The normalized spacial score (nSPS) is 12.3. The summed E-state index contributed by atoms with van der Waals surface area (Å²) >= 11 is 0. The lowest BCUT2D eigenvalue weighted by molar-refractivity contribution is 0.569. The molecular formula is C56H47NO. The lowest BCUT2D eigenvalue weighted by Crippen LogP contribution is -2.16. The highest BCUT2D eigenvalue weighted by atomic mass is 16.3. The van der Waals surface area contributed by atoms with Gasteiger partial charge in [-0.2, -0.15) is 0 Å². The minimum Gasteiger partial charge on any atom is -0.455 e. The van der Waals surface area contributed by atoms with E-state index in [4.69, 9.17) is 4.42 Å². The van der Waals surface area contributed by atoms with Crippen molar-refractivity contribution < 1.29 is 4.42 Å². The van der Waals surface area contributed by atoms with E-state index >= 15 is 0 Å². The predicted molar refractivity (Wildman–Crippen MR) is 247 cm³/mol. The zero-order valence-electron chi connectivity index (χ0n) is 34.1. The fourth-order valence-corrected chi connectivity index (χ4v) is 8.62. The van der Waals surface area contributed by atoms with Crippen LogP contribution in [0, 0.1) is 0 Å². The highest BCUT2D eigenvalue weighted by Crippen LogP contribution is 2.41. The van der Waals surface area contributed by atoms with Crippen molar-refractivity contribution in [3.8, 4) is 50.2 Å². The SMILES string of the molecule is CC(C)(C)c1cc(-c2cccc(-c3cccc(-c4ccc5oc6c(-c7ccc8c(c7)c7ccccc7n8-c7ccccc7)cccc6c5c4)c3)c2)cc(C(C)(C)C)c1. The summed E-state index contributed by atoms with van der Waals surface area (Å²) in [5.74, 6) is 0. The van der Waals surface area contributed by atoms with Crippen molar-refractivity contribution >= 4 is 43.7 Å². The number of para-hydroxylation sites is 3. The van der Waals surface area contributed by atoms with Crippen molar-refractivity contribution in [3.63, 3.8) is 0 Å². The number of furan rings is 1. The van der Waals surface area contributed by atoms with E-state index in [1.165, 1.54) is 66.3 Å². The van der Waals surface area contributed by atoms with Crippen LogP contribution in [0.2, 0.25) is 0 Å². The Labute approximate surface area is 341 Å². The second-order valence-corrected chi connectivity index (χ2v) is 17.9. The molecule has 0 N–H and O–H groups in total. The molecule has 2 nitrogen and oxygen atoms in total. The second kappa shape index (κ2) is 13.5. The molecule has 2 heteroatoms.